The van der Waals surface area contributed by atoms with Crippen molar-refractivity contribution in [3.05, 3.63) is 35.7 Å². The van der Waals surface area contributed by atoms with Gasteiger partial charge in [-0.1, -0.05) is 5.21 Å². The molecule has 0 aliphatic heterocycles. The van der Waals surface area contributed by atoms with Crippen LogP contribution in [0.4, 0.5) is 0 Å². The Balaban J connectivity index is 2.32. The maximum Gasteiger partial charge on any atom is 0.0929 e. The van der Waals surface area contributed by atoms with Gasteiger partial charge in [0.2, 0.25) is 0 Å². The first-order chi connectivity index (χ1) is 7.18. The molecule has 0 saturated carbocycles. The van der Waals surface area contributed by atoms with Crippen molar-refractivity contribution < 1.29 is 0 Å². The van der Waals surface area contributed by atoms with E-state index in [0.717, 1.165) is 11.4 Å². The van der Waals surface area contributed by atoms with Crippen molar-refractivity contribution in [3.63, 3.8) is 0 Å². The van der Waals surface area contributed by atoms with E-state index in [4.69, 9.17) is 5.73 Å². The van der Waals surface area contributed by atoms with Crippen molar-refractivity contribution in [2.45, 2.75) is 13.0 Å². The highest BCUT2D eigenvalue weighted by molar-refractivity contribution is 5.17. The van der Waals surface area contributed by atoms with Gasteiger partial charge >= 0.3 is 0 Å². The van der Waals surface area contributed by atoms with E-state index in [9.17, 15) is 0 Å². The molecular formula is C9H12N6. The van der Waals surface area contributed by atoms with Crippen molar-refractivity contribution in [2.75, 3.05) is 0 Å². The number of hydrogen-bond donors (Lipinski definition) is 1. The van der Waals surface area contributed by atoms with E-state index in [1.54, 1.807) is 30.3 Å². The van der Waals surface area contributed by atoms with Crippen molar-refractivity contribution in [2.24, 2.45) is 12.8 Å². The fourth-order valence-corrected chi connectivity index (χ4v) is 1.29. The zero-order chi connectivity index (χ0) is 10.8. The number of aromatic nitrogens is 5. The summed E-state index contributed by atoms with van der Waals surface area (Å²) in [6.45, 7) is 1.88. The number of hydrogen-bond acceptors (Lipinski definition) is 5. The van der Waals surface area contributed by atoms with E-state index in [1.165, 1.54) is 0 Å². The maximum absolute atomic E-state index is 6.01. The van der Waals surface area contributed by atoms with E-state index in [1.807, 2.05) is 6.92 Å². The van der Waals surface area contributed by atoms with Crippen LogP contribution in [0.25, 0.3) is 0 Å². The topological polar surface area (TPSA) is 82.5 Å². The van der Waals surface area contributed by atoms with Gasteiger partial charge in [-0.15, -0.1) is 5.10 Å². The normalized spacial score (nSPS) is 12.7. The summed E-state index contributed by atoms with van der Waals surface area (Å²) < 4.78 is 1.63. The van der Waals surface area contributed by atoms with Gasteiger partial charge in [0.15, 0.2) is 0 Å². The van der Waals surface area contributed by atoms with Crippen molar-refractivity contribution in [1.82, 2.24) is 25.0 Å². The minimum Gasteiger partial charge on any atom is -0.318 e. The molecule has 1 unspecified atom stereocenters. The first-order valence-corrected chi connectivity index (χ1v) is 4.57. The van der Waals surface area contributed by atoms with E-state index in [-0.39, 0.29) is 6.04 Å². The van der Waals surface area contributed by atoms with Crippen LogP contribution in [0.5, 0.6) is 0 Å². The minimum atomic E-state index is -0.335. The molecule has 2 aromatic rings. The molecule has 2 rings (SSSR count). The highest BCUT2D eigenvalue weighted by Crippen LogP contribution is 2.14. The second kappa shape index (κ2) is 3.74. The molecule has 0 aromatic carbocycles. The second-order valence-corrected chi connectivity index (χ2v) is 3.34. The van der Waals surface area contributed by atoms with Crippen LogP contribution in [-0.4, -0.2) is 25.0 Å². The number of nitrogens with two attached hydrogens (primary N) is 1. The van der Waals surface area contributed by atoms with Crippen molar-refractivity contribution >= 4 is 0 Å². The average Bonchev–Trinajstić information content (AvgIpc) is 2.65. The predicted molar refractivity (Wildman–Crippen MR) is 53.8 cm³/mol. The minimum absolute atomic E-state index is 0.335. The molecule has 0 saturated heterocycles. The van der Waals surface area contributed by atoms with E-state index in [2.05, 4.69) is 20.3 Å². The molecule has 78 valence electrons. The van der Waals surface area contributed by atoms with Crippen LogP contribution in [-0.2, 0) is 7.05 Å². The quantitative estimate of drug-likeness (QED) is 0.742. The summed E-state index contributed by atoms with van der Waals surface area (Å²) in [5, 5.41) is 7.59. The summed E-state index contributed by atoms with van der Waals surface area (Å²) in [5.41, 5.74) is 8.40. The molecule has 2 N–H and O–H groups in total. The molecule has 0 bridgehead atoms. The molecular weight excluding hydrogens is 192 g/mol. The fraction of sp³-hybridized carbons (Fsp3) is 0.333. The number of rotatable bonds is 2. The van der Waals surface area contributed by atoms with Gasteiger partial charge in [-0.3, -0.25) is 14.6 Å². The Morgan fingerprint density at radius 3 is 2.60 bits per heavy atom. The summed E-state index contributed by atoms with van der Waals surface area (Å²) in [6, 6.07) is -0.335. The van der Waals surface area contributed by atoms with Gasteiger partial charge in [-0.25, -0.2) is 0 Å². The second-order valence-electron chi connectivity index (χ2n) is 3.34. The first kappa shape index (κ1) is 9.72. The Bertz CT molecular complexity index is 446. The molecule has 1 atom stereocenters. The predicted octanol–water partition coefficient (Wildman–Crippen LogP) is -0.0384. The van der Waals surface area contributed by atoms with Gasteiger partial charge in [0, 0.05) is 13.2 Å². The molecule has 0 aliphatic rings. The highest BCUT2D eigenvalue weighted by atomic mass is 15.4. The van der Waals surface area contributed by atoms with Crippen molar-refractivity contribution in [1.29, 1.82) is 0 Å². The van der Waals surface area contributed by atoms with Gasteiger partial charge < -0.3 is 5.73 Å². The molecule has 2 heterocycles. The molecule has 0 amide bonds. The van der Waals surface area contributed by atoms with Crippen LogP contribution >= 0.6 is 0 Å². The number of aryl methyl sites for hydroxylation is 2. The van der Waals surface area contributed by atoms with Gasteiger partial charge in [-0.2, -0.15) is 0 Å². The molecule has 2 aromatic heterocycles. The highest BCUT2D eigenvalue weighted by Gasteiger charge is 2.14. The lowest BCUT2D eigenvalue weighted by Crippen LogP contribution is -2.17. The maximum atomic E-state index is 6.01. The molecule has 0 radical (unpaired) electrons. The van der Waals surface area contributed by atoms with Crippen LogP contribution < -0.4 is 5.73 Å². The Hall–Kier alpha value is -1.82. The van der Waals surface area contributed by atoms with Gasteiger partial charge in [0.1, 0.15) is 0 Å². The lowest BCUT2D eigenvalue weighted by atomic mass is 10.2. The average molecular weight is 204 g/mol. The van der Waals surface area contributed by atoms with Crippen LogP contribution in [0.1, 0.15) is 23.1 Å². The summed E-state index contributed by atoms with van der Waals surface area (Å²) in [6.07, 6.45) is 5.00. The smallest absolute Gasteiger partial charge is 0.0929 e. The largest absolute Gasteiger partial charge is 0.318 e. The summed E-state index contributed by atoms with van der Waals surface area (Å²) in [4.78, 5) is 8.37. The summed E-state index contributed by atoms with van der Waals surface area (Å²) in [7, 11) is 1.80. The molecule has 15 heavy (non-hydrogen) atoms. The van der Waals surface area contributed by atoms with Gasteiger partial charge in [0.05, 0.1) is 35.5 Å². The third-order valence-electron chi connectivity index (χ3n) is 2.19. The lowest BCUT2D eigenvalue weighted by Gasteiger charge is -2.09. The van der Waals surface area contributed by atoms with Crippen molar-refractivity contribution in [3.8, 4) is 0 Å². The van der Waals surface area contributed by atoms with Crippen LogP contribution in [0.3, 0.4) is 0 Å². The molecule has 6 heteroatoms. The third-order valence-corrected chi connectivity index (χ3v) is 2.19. The first-order valence-electron chi connectivity index (χ1n) is 4.57. The van der Waals surface area contributed by atoms with Gasteiger partial charge in [-0.05, 0) is 6.92 Å². The van der Waals surface area contributed by atoms with Gasteiger partial charge in [0.25, 0.3) is 0 Å². The number of nitrogens with zero attached hydrogens (tertiary/aromatic N) is 5. The van der Waals surface area contributed by atoms with Crippen LogP contribution in [0.2, 0.25) is 0 Å². The Labute approximate surface area is 87.2 Å². The zero-order valence-electron chi connectivity index (χ0n) is 8.62. The fourth-order valence-electron chi connectivity index (χ4n) is 1.29. The van der Waals surface area contributed by atoms with E-state index < -0.39 is 0 Å². The molecule has 0 spiro atoms. The molecule has 0 aliphatic carbocycles. The van der Waals surface area contributed by atoms with E-state index in [0.29, 0.717) is 5.69 Å². The molecule has 6 nitrogen and oxygen atoms in total. The van der Waals surface area contributed by atoms with E-state index >= 15 is 0 Å². The Morgan fingerprint density at radius 1 is 1.27 bits per heavy atom. The standard InChI is InChI=1S/C9H12N6/c1-6-3-12-7(4-11-6)9(10)8-5-13-14-15(8)2/h3-5,9H,10H2,1-2H3. The van der Waals surface area contributed by atoms with Crippen LogP contribution in [0.15, 0.2) is 18.6 Å². The SMILES string of the molecule is Cc1cnc(C(N)c2cnnn2C)cn1. The monoisotopic (exact) mass is 204 g/mol. The zero-order valence-corrected chi connectivity index (χ0v) is 8.62. The van der Waals surface area contributed by atoms with Crippen LogP contribution in [0, 0.1) is 6.92 Å². The summed E-state index contributed by atoms with van der Waals surface area (Å²) >= 11 is 0. The summed E-state index contributed by atoms with van der Waals surface area (Å²) in [5.74, 6) is 0. The Morgan fingerprint density at radius 2 is 2.07 bits per heavy atom. The lowest BCUT2D eigenvalue weighted by molar-refractivity contribution is 0.642. The Kier molecular flexibility index (Phi) is 2.42. The third kappa shape index (κ3) is 1.84. The molecule has 0 fully saturated rings.